The molecule has 1 rings (SSSR count). The van der Waals surface area contributed by atoms with E-state index < -0.39 is 12.1 Å². The van der Waals surface area contributed by atoms with E-state index in [0.29, 0.717) is 6.54 Å². The Morgan fingerprint density at radius 2 is 2.25 bits per heavy atom. The van der Waals surface area contributed by atoms with Crippen molar-refractivity contribution in [2.24, 2.45) is 0 Å². The molecule has 0 spiro atoms. The maximum Gasteiger partial charge on any atom is 0.408 e. The summed E-state index contributed by atoms with van der Waals surface area (Å²) in [4.78, 5) is 22.9. The van der Waals surface area contributed by atoms with Crippen molar-refractivity contribution in [3.8, 4) is 0 Å². The Bertz CT molecular complexity index is 217. The molecule has 12 heavy (non-hydrogen) atoms. The molecule has 0 radical (unpaired) electrons. The zero-order chi connectivity index (χ0) is 9.30. The summed E-state index contributed by atoms with van der Waals surface area (Å²) >= 11 is 0. The molecule has 5 nitrogen and oxygen atoms in total. The van der Waals surface area contributed by atoms with E-state index in [1.807, 2.05) is 0 Å². The Morgan fingerprint density at radius 1 is 1.67 bits per heavy atom. The van der Waals surface area contributed by atoms with E-state index in [9.17, 15) is 9.59 Å². The van der Waals surface area contributed by atoms with E-state index in [1.165, 1.54) is 4.90 Å². The lowest BCUT2D eigenvalue weighted by molar-refractivity contribution is -0.128. The fraction of sp³-hybridized carbons (Fsp3) is 0.714. The molecule has 0 aromatic rings. The molecule has 0 aliphatic carbocycles. The van der Waals surface area contributed by atoms with Crippen LogP contribution in [0.25, 0.3) is 0 Å². The molecule has 0 bridgehead atoms. The van der Waals surface area contributed by atoms with Crippen LogP contribution < -0.4 is 5.32 Å². The third-order valence-electron chi connectivity index (χ3n) is 2.06. The number of hydrogen-bond acceptors (Lipinski definition) is 2. The second kappa shape index (κ2) is 3.00. The minimum Gasteiger partial charge on any atom is -0.465 e. The fourth-order valence-corrected chi connectivity index (χ4v) is 1.36. The summed E-state index contributed by atoms with van der Waals surface area (Å²) in [7, 11) is 0. The molecule has 5 heteroatoms. The highest BCUT2D eigenvalue weighted by atomic mass is 16.4. The van der Waals surface area contributed by atoms with Gasteiger partial charge in [-0.05, 0) is 13.8 Å². The van der Waals surface area contributed by atoms with Crippen molar-refractivity contribution in [3.63, 3.8) is 0 Å². The lowest BCUT2D eigenvalue weighted by atomic mass is 10.1. The number of rotatable bonds is 0. The molecular weight excluding hydrogens is 160 g/mol. The summed E-state index contributed by atoms with van der Waals surface area (Å²) in [5.74, 6) is -0.226. The summed E-state index contributed by atoms with van der Waals surface area (Å²) in [5, 5.41) is 11.4. The van der Waals surface area contributed by atoms with Crippen LogP contribution in [0.3, 0.4) is 0 Å². The molecule has 1 heterocycles. The molecule has 1 saturated heterocycles. The predicted octanol–water partition coefficient (Wildman–Crippen LogP) is -0.127. The van der Waals surface area contributed by atoms with Gasteiger partial charge in [0.15, 0.2) is 0 Å². The van der Waals surface area contributed by atoms with Gasteiger partial charge in [-0.1, -0.05) is 0 Å². The average molecular weight is 172 g/mol. The van der Waals surface area contributed by atoms with E-state index in [2.05, 4.69) is 5.32 Å². The molecule has 0 aromatic heterocycles. The summed E-state index contributed by atoms with van der Waals surface area (Å²) in [6.07, 6.45) is -1.04. The summed E-state index contributed by atoms with van der Waals surface area (Å²) in [6.45, 7) is 3.75. The summed E-state index contributed by atoms with van der Waals surface area (Å²) in [6, 6.07) is -0.721. The molecule has 68 valence electrons. The SMILES string of the molecule is C[C@@H]1CNC(=O)[C@H](C)N1C(=O)O. The third-order valence-corrected chi connectivity index (χ3v) is 2.06. The van der Waals surface area contributed by atoms with Gasteiger partial charge in [0.1, 0.15) is 6.04 Å². The number of nitrogens with one attached hydrogen (secondary N) is 1. The van der Waals surface area contributed by atoms with Gasteiger partial charge in [-0.25, -0.2) is 4.79 Å². The third kappa shape index (κ3) is 1.34. The van der Waals surface area contributed by atoms with Crippen molar-refractivity contribution in [1.82, 2.24) is 10.2 Å². The van der Waals surface area contributed by atoms with Crippen LogP contribution in [0.4, 0.5) is 4.79 Å². The van der Waals surface area contributed by atoms with Gasteiger partial charge < -0.3 is 10.4 Å². The Morgan fingerprint density at radius 3 is 2.67 bits per heavy atom. The maximum atomic E-state index is 11.0. The van der Waals surface area contributed by atoms with Crippen LogP contribution in [-0.4, -0.2) is 40.6 Å². The van der Waals surface area contributed by atoms with Gasteiger partial charge in [0.2, 0.25) is 5.91 Å². The molecule has 1 fully saturated rings. The number of piperazine rings is 1. The van der Waals surface area contributed by atoms with Crippen LogP contribution in [0.1, 0.15) is 13.8 Å². The Hall–Kier alpha value is -1.26. The first-order valence-corrected chi connectivity index (χ1v) is 3.83. The highest BCUT2D eigenvalue weighted by Crippen LogP contribution is 2.10. The lowest BCUT2D eigenvalue weighted by Gasteiger charge is -2.35. The van der Waals surface area contributed by atoms with E-state index in [4.69, 9.17) is 5.11 Å². The smallest absolute Gasteiger partial charge is 0.408 e. The van der Waals surface area contributed by atoms with Gasteiger partial charge in [0.05, 0.1) is 6.04 Å². The number of amides is 2. The maximum absolute atomic E-state index is 11.0. The van der Waals surface area contributed by atoms with Crippen molar-refractivity contribution in [3.05, 3.63) is 0 Å². The topological polar surface area (TPSA) is 69.6 Å². The summed E-state index contributed by atoms with van der Waals surface area (Å²) < 4.78 is 0. The number of carboxylic acid groups (broad SMARTS) is 1. The highest BCUT2D eigenvalue weighted by Gasteiger charge is 2.33. The van der Waals surface area contributed by atoms with E-state index in [-0.39, 0.29) is 11.9 Å². The fourth-order valence-electron chi connectivity index (χ4n) is 1.36. The van der Waals surface area contributed by atoms with Gasteiger partial charge in [-0.2, -0.15) is 0 Å². The predicted molar refractivity (Wildman–Crippen MR) is 41.8 cm³/mol. The molecule has 0 aromatic carbocycles. The van der Waals surface area contributed by atoms with Crippen LogP contribution in [-0.2, 0) is 4.79 Å². The Labute approximate surface area is 70.4 Å². The largest absolute Gasteiger partial charge is 0.465 e. The van der Waals surface area contributed by atoms with Gasteiger partial charge in [-0.3, -0.25) is 9.69 Å². The van der Waals surface area contributed by atoms with Crippen LogP contribution in [0.15, 0.2) is 0 Å². The standard InChI is InChI=1S/C7H12N2O3/c1-4-3-8-6(10)5(2)9(4)7(11)12/h4-5H,3H2,1-2H3,(H,8,10)(H,11,12)/t4-,5+/m1/s1. The molecule has 1 aliphatic rings. The first-order valence-electron chi connectivity index (χ1n) is 3.83. The average Bonchev–Trinajstić information content (AvgIpc) is 1.97. The molecule has 2 amide bonds. The van der Waals surface area contributed by atoms with Gasteiger partial charge >= 0.3 is 6.09 Å². The van der Waals surface area contributed by atoms with Crippen LogP contribution in [0, 0.1) is 0 Å². The number of carbonyl (C=O) groups excluding carboxylic acids is 1. The van der Waals surface area contributed by atoms with E-state index in [0.717, 1.165) is 0 Å². The van der Waals surface area contributed by atoms with Crippen LogP contribution >= 0.6 is 0 Å². The van der Waals surface area contributed by atoms with Gasteiger partial charge in [0.25, 0.3) is 0 Å². The summed E-state index contributed by atoms with van der Waals surface area (Å²) in [5.41, 5.74) is 0. The minimum atomic E-state index is -1.04. The normalized spacial score (nSPS) is 29.8. The van der Waals surface area contributed by atoms with Crippen LogP contribution in [0.5, 0.6) is 0 Å². The van der Waals surface area contributed by atoms with Crippen LogP contribution in [0.2, 0.25) is 0 Å². The Kier molecular flexibility index (Phi) is 2.21. The quantitative estimate of drug-likeness (QED) is 0.535. The zero-order valence-corrected chi connectivity index (χ0v) is 7.07. The number of carbonyl (C=O) groups is 2. The van der Waals surface area contributed by atoms with Gasteiger partial charge in [0, 0.05) is 6.54 Å². The zero-order valence-electron chi connectivity index (χ0n) is 7.07. The first kappa shape index (κ1) is 8.83. The monoisotopic (exact) mass is 172 g/mol. The molecule has 0 saturated carbocycles. The molecular formula is C7H12N2O3. The lowest BCUT2D eigenvalue weighted by Crippen LogP contribution is -2.59. The van der Waals surface area contributed by atoms with Crippen molar-refractivity contribution < 1.29 is 14.7 Å². The van der Waals surface area contributed by atoms with Gasteiger partial charge in [-0.15, -0.1) is 0 Å². The van der Waals surface area contributed by atoms with Crippen molar-refractivity contribution in [2.75, 3.05) is 6.54 Å². The number of nitrogens with zero attached hydrogens (tertiary/aromatic N) is 1. The Balaban J connectivity index is 2.78. The van der Waals surface area contributed by atoms with E-state index in [1.54, 1.807) is 13.8 Å². The minimum absolute atomic E-state index is 0.143. The second-order valence-electron chi connectivity index (χ2n) is 2.96. The first-order chi connectivity index (χ1) is 5.54. The van der Waals surface area contributed by atoms with Crippen molar-refractivity contribution >= 4 is 12.0 Å². The number of hydrogen-bond donors (Lipinski definition) is 2. The highest BCUT2D eigenvalue weighted by molar-refractivity contribution is 5.86. The van der Waals surface area contributed by atoms with Crippen molar-refractivity contribution in [2.45, 2.75) is 25.9 Å². The van der Waals surface area contributed by atoms with E-state index >= 15 is 0 Å². The molecule has 0 unspecified atom stereocenters. The molecule has 2 N–H and O–H groups in total. The second-order valence-corrected chi connectivity index (χ2v) is 2.96. The molecule has 1 aliphatic heterocycles. The van der Waals surface area contributed by atoms with Crippen molar-refractivity contribution in [1.29, 1.82) is 0 Å². The molecule has 2 atom stereocenters.